The van der Waals surface area contributed by atoms with E-state index in [9.17, 15) is 0 Å². The summed E-state index contributed by atoms with van der Waals surface area (Å²) in [7, 11) is 0. The average molecular weight is 288 g/mol. The molecule has 108 valence electrons. The normalized spacial score (nSPS) is 12.5. The van der Waals surface area contributed by atoms with Crippen molar-refractivity contribution in [2.45, 2.75) is 45.6 Å². The smallest absolute Gasteiger partial charge is 0.0419 e. The molecule has 1 unspecified atom stereocenters. The highest BCUT2D eigenvalue weighted by molar-refractivity contribution is 7.09. The van der Waals surface area contributed by atoms with Gasteiger partial charge in [0.15, 0.2) is 0 Å². The molecule has 0 aliphatic heterocycles. The van der Waals surface area contributed by atoms with Gasteiger partial charge in [-0.1, -0.05) is 19.1 Å². The second-order valence-electron chi connectivity index (χ2n) is 5.26. The second-order valence-corrected chi connectivity index (χ2v) is 6.29. The summed E-state index contributed by atoms with van der Waals surface area (Å²) in [5, 5.41) is 5.75. The van der Waals surface area contributed by atoms with Gasteiger partial charge in [-0.2, -0.15) is 0 Å². The van der Waals surface area contributed by atoms with Crippen LogP contribution in [0, 0.1) is 6.92 Å². The Labute approximate surface area is 126 Å². The van der Waals surface area contributed by atoms with Crippen molar-refractivity contribution in [3.05, 3.63) is 52.0 Å². The summed E-state index contributed by atoms with van der Waals surface area (Å²) in [4.78, 5) is 6.01. The maximum atomic E-state index is 4.52. The van der Waals surface area contributed by atoms with Crippen LogP contribution in [0.3, 0.4) is 0 Å². The summed E-state index contributed by atoms with van der Waals surface area (Å²) in [6.07, 6.45) is 6.63. The summed E-state index contributed by atoms with van der Waals surface area (Å²) in [5.74, 6) is 0. The standard InChI is InChI=1S/C17H24N2S/c1-3-18-15(6-4-7-17-8-5-11-20-17)12-16-10-9-14(2)13-19-16/h5,8-11,13,15,18H,3-4,6-7,12H2,1-2H3. The molecule has 3 heteroatoms. The molecule has 2 aromatic heterocycles. The fraction of sp³-hybridized carbons (Fsp3) is 0.471. The van der Waals surface area contributed by atoms with E-state index in [0.717, 1.165) is 13.0 Å². The van der Waals surface area contributed by atoms with Crippen molar-refractivity contribution in [1.82, 2.24) is 10.3 Å². The Morgan fingerprint density at radius 2 is 2.20 bits per heavy atom. The summed E-state index contributed by atoms with van der Waals surface area (Å²) < 4.78 is 0. The SMILES string of the molecule is CCNC(CCCc1cccs1)Cc1ccc(C)cn1. The van der Waals surface area contributed by atoms with Gasteiger partial charge in [-0.3, -0.25) is 4.98 Å². The van der Waals surface area contributed by atoms with E-state index in [1.54, 1.807) is 0 Å². The van der Waals surface area contributed by atoms with Crippen LogP contribution in [0.5, 0.6) is 0 Å². The first-order chi connectivity index (χ1) is 9.78. The minimum atomic E-state index is 0.537. The first kappa shape index (κ1) is 15.2. The van der Waals surface area contributed by atoms with Crippen LogP contribution in [0.1, 0.15) is 35.9 Å². The van der Waals surface area contributed by atoms with Gasteiger partial charge in [-0.15, -0.1) is 11.3 Å². The fourth-order valence-electron chi connectivity index (χ4n) is 2.41. The van der Waals surface area contributed by atoms with Crippen LogP contribution >= 0.6 is 11.3 Å². The van der Waals surface area contributed by atoms with Gasteiger partial charge in [0.1, 0.15) is 0 Å². The molecule has 0 bridgehead atoms. The first-order valence-corrected chi connectivity index (χ1v) is 8.33. The quantitative estimate of drug-likeness (QED) is 0.794. The fourth-order valence-corrected chi connectivity index (χ4v) is 3.17. The molecule has 2 heterocycles. The van der Waals surface area contributed by atoms with Gasteiger partial charge in [0.2, 0.25) is 0 Å². The van der Waals surface area contributed by atoms with E-state index in [2.05, 4.69) is 53.8 Å². The molecule has 0 radical (unpaired) electrons. The number of pyridine rings is 1. The molecular formula is C17H24N2S. The number of aromatic nitrogens is 1. The first-order valence-electron chi connectivity index (χ1n) is 7.45. The monoisotopic (exact) mass is 288 g/mol. The van der Waals surface area contributed by atoms with E-state index in [1.165, 1.54) is 35.4 Å². The minimum Gasteiger partial charge on any atom is -0.314 e. The molecule has 0 saturated carbocycles. The van der Waals surface area contributed by atoms with E-state index in [-0.39, 0.29) is 0 Å². The number of rotatable bonds is 8. The third-order valence-electron chi connectivity index (χ3n) is 3.48. The molecule has 0 spiro atoms. The van der Waals surface area contributed by atoms with Gasteiger partial charge in [0, 0.05) is 29.2 Å². The van der Waals surface area contributed by atoms with E-state index < -0.39 is 0 Å². The molecule has 0 aromatic carbocycles. The molecule has 0 aliphatic carbocycles. The lowest BCUT2D eigenvalue weighted by Gasteiger charge is -2.17. The summed E-state index contributed by atoms with van der Waals surface area (Å²) >= 11 is 1.86. The molecule has 20 heavy (non-hydrogen) atoms. The van der Waals surface area contributed by atoms with Gasteiger partial charge in [0.25, 0.3) is 0 Å². The van der Waals surface area contributed by atoms with Crippen molar-refractivity contribution in [1.29, 1.82) is 0 Å². The summed E-state index contributed by atoms with van der Waals surface area (Å²) in [6, 6.07) is 9.21. The van der Waals surface area contributed by atoms with E-state index in [1.807, 2.05) is 17.5 Å². The Morgan fingerprint density at radius 1 is 1.30 bits per heavy atom. The average Bonchev–Trinajstić information content (AvgIpc) is 2.95. The molecule has 2 rings (SSSR count). The maximum Gasteiger partial charge on any atom is 0.0419 e. The number of aryl methyl sites for hydroxylation is 2. The van der Waals surface area contributed by atoms with Crippen LogP contribution in [0.4, 0.5) is 0 Å². The Morgan fingerprint density at radius 3 is 2.85 bits per heavy atom. The Bertz CT molecular complexity index is 476. The zero-order chi connectivity index (χ0) is 14.2. The van der Waals surface area contributed by atoms with Crippen molar-refractivity contribution < 1.29 is 0 Å². The molecule has 1 atom stereocenters. The second kappa shape index (κ2) is 8.18. The lowest BCUT2D eigenvalue weighted by molar-refractivity contribution is 0.473. The minimum absolute atomic E-state index is 0.537. The number of nitrogens with one attached hydrogen (secondary N) is 1. The van der Waals surface area contributed by atoms with E-state index in [0.29, 0.717) is 6.04 Å². The highest BCUT2D eigenvalue weighted by Gasteiger charge is 2.09. The predicted molar refractivity (Wildman–Crippen MR) is 87.4 cm³/mol. The third kappa shape index (κ3) is 5.06. The van der Waals surface area contributed by atoms with Crippen LogP contribution in [0.15, 0.2) is 35.8 Å². The predicted octanol–water partition coefficient (Wildman–Crippen LogP) is 4.00. The van der Waals surface area contributed by atoms with E-state index in [4.69, 9.17) is 0 Å². The molecule has 0 fully saturated rings. The molecular weight excluding hydrogens is 264 g/mol. The van der Waals surface area contributed by atoms with Gasteiger partial charge in [-0.05, 0) is 55.8 Å². The van der Waals surface area contributed by atoms with Crippen molar-refractivity contribution in [3.8, 4) is 0 Å². The molecule has 0 saturated heterocycles. The molecule has 0 aliphatic rings. The van der Waals surface area contributed by atoms with Crippen molar-refractivity contribution in [2.24, 2.45) is 0 Å². The van der Waals surface area contributed by atoms with E-state index >= 15 is 0 Å². The van der Waals surface area contributed by atoms with Crippen LogP contribution < -0.4 is 5.32 Å². The summed E-state index contributed by atoms with van der Waals surface area (Å²) in [6.45, 7) is 5.28. The highest BCUT2D eigenvalue weighted by atomic mass is 32.1. The van der Waals surface area contributed by atoms with Crippen molar-refractivity contribution >= 4 is 11.3 Å². The zero-order valence-electron chi connectivity index (χ0n) is 12.4. The van der Waals surface area contributed by atoms with Crippen LogP contribution in [0.2, 0.25) is 0 Å². The Hall–Kier alpha value is -1.19. The topological polar surface area (TPSA) is 24.9 Å². The van der Waals surface area contributed by atoms with Crippen LogP contribution in [0.25, 0.3) is 0 Å². The van der Waals surface area contributed by atoms with Gasteiger partial charge in [-0.25, -0.2) is 0 Å². The lowest BCUT2D eigenvalue weighted by Crippen LogP contribution is -2.31. The van der Waals surface area contributed by atoms with Crippen LogP contribution in [-0.2, 0) is 12.8 Å². The number of likely N-dealkylation sites (N-methyl/N-ethyl adjacent to an activating group) is 1. The van der Waals surface area contributed by atoms with Gasteiger partial charge < -0.3 is 5.32 Å². The maximum absolute atomic E-state index is 4.52. The number of hydrogen-bond acceptors (Lipinski definition) is 3. The van der Waals surface area contributed by atoms with Crippen molar-refractivity contribution in [2.75, 3.05) is 6.54 Å². The van der Waals surface area contributed by atoms with Crippen LogP contribution in [-0.4, -0.2) is 17.6 Å². The number of nitrogens with zero attached hydrogens (tertiary/aromatic N) is 1. The van der Waals surface area contributed by atoms with Gasteiger partial charge >= 0.3 is 0 Å². The Kier molecular flexibility index (Phi) is 6.22. The lowest BCUT2D eigenvalue weighted by atomic mass is 10.0. The molecule has 1 N–H and O–H groups in total. The van der Waals surface area contributed by atoms with Crippen molar-refractivity contribution in [3.63, 3.8) is 0 Å². The van der Waals surface area contributed by atoms with Gasteiger partial charge in [0.05, 0.1) is 0 Å². The molecule has 2 nitrogen and oxygen atoms in total. The third-order valence-corrected chi connectivity index (χ3v) is 4.41. The zero-order valence-corrected chi connectivity index (χ0v) is 13.2. The molecule has 0 amide bonds. The summed E-state index contributed by atoms with van der Waals surface area (Å²) in [5.41, 5.74) is 2.42. The highest BCUT2D eigenvalue weighted by Crippen LogP contribution is 2.14. The number of thiophene rings is 1. The Balaban J connectivity index is 1.81. The molecule has 2 aromatic rings. The largest absolute Gasteiger partial charge is 0.314 e. The number of hydrogen-bond donors (Lipinski definition) is 1.